The quantitative estimate of drug-likeness (QED) is 0.0725. The van der Waals surface area contributed by atoms with E-state index in [1.807, 2.05) is 0 Å². The first-order chi connectivity index (χ1) is 32.7. The number of para-hydroxylation sites is 1. The standard InChI is InChI=1S/C26H28N3.C23H16O6.C6H12Cl3N.ClH/c1-19-17-21(20(2)29(19)24-9-7-6-8-10-24)11-13-23-14-12-22-18-25(27(3)4)15-16-26(22)28(23)5;24-20-16(14-7-3-1-5-12(14)9-18(20)22(26)27)11-17-15-8-4-2-6-13(15)10-19(21(17)25)23(28)29;7-1-4-10(5-2-8)6-3-9;/h6-18H,1-5H3;1-10,24-25H,11H2,(H,26,27)(H,28,29);1-6H2;1H/q+1;;;/p-1. The fourth-order valence-electron chi connectivity index (χ4n) is 8.32. The minimum absolute atomic E-state index is 0. The summed E-state index contributed by atoms with van der Waals surface area (Å²) in [5.74, 6) is -1.77. The highest BCUT2D eigenvalue weighted by Gasteiger charge is 2.20. The molecule has 2 heterocycles. The summed E-state index contributed by atoms with van der Waals surface area (Å²) in [6, 6.07) is 40.3. The van der Waals surface area contributed by atoms with Crippen molar-refractivity contribution < 1.29 is 34.6 Å². The van der Waals surface area contributed by atoms with Crippen LogP contribution in [0.3, 0.4) is 0 Å². The van der Waals surface area contributed by atoms with Gasteiger partial charge in [-0.05, 0) is 101 Å². The van der Waals surface area contributed by atoms with Crippen LogP contribution in [0.5, 0.6) is 11.5 Å². The van der Waals surface area contributed by atoms with Crippen LogP contribution in [0.4, 0.5) is 5.69 Å². The fourth-order valence-corrected chi connectivity index (χ4v) is 9.04. The third-order valence-corrected chi connectivity index (χ3v) is 12.4. The molecule has 10 nitrogen and oxygen atoms in total. The number of hydrogen-bond acceptors (Lipinski definition) is 6. The highest BCUT2D eigenvalue weighted by atomic mass is 35.5. The van der Waals surface area contributed by atoms with Gasteiger partial charge < -0.3 is 29.9 Å². The number of benzene rings is 6. The van der Waals surface area contributed by atoms with Crippen molar-refractivity contribution in [3.05, 3.63) is 172 Å². The lowest BCUT2D eigenvalue weighted by molar-refractivity contribution is -0.646. The summed E-state index contributed by atoms with van der Waals surface area (Å²) < 4.78 is 4.56. The summed E-state index contributed by atoms with van der Waals surface area (Å²) in [4.78, 5) is 27.4. The number of carbonyl (C=O) groups is 2. The van der Waals surface area contributed by atoms with Crippen LogP contribution in [0, 0.1) is 13.8 Å². The predicted molar refractivity (Wildman–Crippen MR) is 285 cm³/mol. The molecule has 0 saturated heterocycles. The van der Waals surface area contributed by atoms with Gasteiger partial charge in [0.1, 0.15) is 18.4 Å². The van der Waals surface area contributed by atoms with Gasteiger partial charge >= 0.3 is 11.9 Å². The SMILES string of the molecule is Cc1cc(C=Cc2ccc3cc(N(C)C)ccc3[n+]2C)c(C)n1-c1ccccc1.Cl.ClCCN(CCCl)CCCl.O=C(O)c1cc2ccccc2c(Cc2c(O)c(C(=O)O)cc3ccccc23)c1[O-]. The molecule has 69 heavy (non-hydrogen) atoms. The molecule has 0 aliphatic heterocycles. The Morgan fingerprint density at radius 1 is 0.681 bits per heavy atom. The summed E-state index contributed by atoms with van der Waals surface area (Å²) >= 11 is 16.6. The number of aryl methyl sites for hydroxylation is 2. The zero-order valence-corrected chi connectivity index (χ0v) is 42.2. The Balaban J connectivity index is 0.000000213. The van der Waals surface area contributed by atoms with Crippen LogP contribution in [0.15, 0.2) is 127 Å². The van der Waals surface area contributed by atoms with E-state index in [1.54, 1.807) is 48.5 Å². The lowest BCUT2D eigenvalue weighted by Crippen LogP contribution is -2.32. The summed E-state index contributed by atoms with van der Waals surface area (Å²) in [6.45, 7) is 6.97. The number of phenols is 1. The topological polar surface area (TPSA) is 133 Å². The van der Waals surface area contributed by atoms with Gasteiger partial charge in [0.15, 0.2) is 0 Å². The number of rotatable bonds is 14. The summed E-state index contributed by atoms with van der Waals surface area (Å²) in [5, 5.41) is 46.1. The molecule has 0 spiro atoms. The Morgan fingerprint density at radius 2 is 1.23 bits per heavy atom. The van der Waals surface area contributed by atoms with Crippen LogP contribution in [0.25, 0.3) is 50.3 Å². The number of carboxylic acid groups (broad SMARTS) is 2. The van der Waals surface area contributed by atoms with Crippen LogP contribution < -0.4 is 14.6 Å². The monoisotopic (exact) mass is 1010 g/mol. The minimum Gasteiger partial charge on any atom is -0.872 e. The van der Waals surface area contributed by atoms with Gasteiger partial charge in [-0.3, -0.25) is 4.90 Å². The molecule has 0 atom stereocenters. The highest BCUT2D eigenvalue weighted by molar-refractivity contribution is 6.18. The van der Waals surface area contributed by atoms with E-state index in [2.05, 4.69) is 133 Å². The van der Waals surface area contributed by atoms with E-state index in [1.165, 1.54) is 57.1 Å². The number of aromatic carboxylic acids is 2. The molecule has 0 aliphatic rings. The molecule has 14 heteroatoms. The van der Waals surface area contributed by atoms with E-state index >= 15 is 0 Å². The zero-order valence-electron chi connectivity index (χ0n) is 39.1. The van der Waals surface area contributed by atoms with Crippen molar-refractivity contribution in [2.75, 3.05) is 56.3 Å². The molecular formula is C55H56Cl4N4O6. The average Bonchev–Trinajstić information content (AvgIpc) is 3.62. The van der Waals surface area contributed by atoms with Crippen LogP contribution in [-0.4, -0.2) is 88.1 Å². The number of aromatic nitrogens is 2. The lowest BCUT2D eigenvalue weighted by atomic mass is 9.90. The molecule has 0 bridgehead atoms. The van der Waals surface area contributed by atoms with Gasteiger partial charge in [0.2, 0.25) is 11.2 Å². The van der Waals surface area contributed by atoms with Crippen LogP contribution in [0.2, 0.25) is 0 Å². The second-order valence-corrected chi connectivity index (χ2v) is 17.5. The Kier molecular flexibility index (Phi) is 19.3. The maximum absolute atomic E-state index is 12.9. The largest absolute Gasteiger partial charge is 0.872 e. The van der Waals surface area contributed by atoms with Crippen molar-refractivity contribution in [2.45, 2.75) is 20.3 Å². The number of aromatic hydroxyl groups is 1. The molecule has 0 amide bonds. The number of nitrogens with zero attached hydrogens (tertiary/aromatic N) is 4. The van der Waals surface area contributed by atoms with Crippen LogP contribution >= 0.6 is 47.2 Å². The molecule has 6 aromatic carbocycles. The number of fused-ring (bicyclic) bond motifs is 3. The van der Waals surface area contributed by atoms with Crippen LogP contribution in [0.1, 0.15) is 54.5 Å². The number of anilines is 1. The van der Waals surface area contributed by atoms with E-state index in [4.69, 9.17) is 34.8 Å². The predicted octanol–water partition coefficient (Wildman–Crippen LogP) is 11.5. The van der Waals surface area contributed by atoms with Crippen molar-refractivity contribution >= 4 is 109 Å². The smallest absolute Gasteiger partial charge is 0.339 e. The molecule has 8 aromatic rings. The van der Waals surface area contributed by atoms with Gasteiger partial charge in [0, 0.05) is 110 Å². The van der Waals surface area contributed by atoms with Gasteiger partial charge in [-0.15, -0.1) is 47.2 Å². The zero-order chi connectivity index (χ0) is 49.1. The summed E-state index contributed by atoms with van der Waals surface area (Å²) in [6.07, 6.45) is 4.32. The minimum atomic E-state index is -1.34. The molecule has 2 aromatic heterocycles. The molecule has 0 aliphatic carbocycles. The number of alkyl halides is 3. The van der Waals surface area contributed by atoms with Crippen LogP contribution in [-0.2, 0) is 13.5 Å². The van der Waals surface area contributed by atoms with Crippen molar-refractivity contribution in [3.8, 4) is 17.2 Å². The molecule has 3 N–H and O–H groups in total. The Labute approximate surface area is 424 Å². The normalized spacial score (nSPS) is 11.0. The summed E-state index contributed by atoms with van der Waals surface area (Å²) in [5.41, 5.74) is 8.40. The van der Waals surface area contributed by atoms with Crippen molar-refractivity contribution in [3.63, 3.8) is 0 Å². The second-order valence-electron chi connectivity index (χ2n) is 16.4. The van der Waals surface area contributed by atoms with E-state index in [0.29, 0.717) is 39.2 Å². The molecule has 8 rings (SSSR count). The molecule has 0 fully saturated rings. The van der Waals surface area contributed by atoms with Gasteiger partial charge in [0.25, 0.3) is 0 Å². The maximum Gasteiger partial charge on any atom is 0.339 e. The average molecular weight is 1010 g/mol. The van der Waals surface area contributed by atoms with E-state index in [0.717, 1.165) is 19.6 Å². The Hall–Kier alpha value is -6.27. The van der Waals surface area contributed by atoms with Gasteiger partial charge in [0.05, 0.1) is 5.56 Å². The van der Waals surface area contributed by atoms with E-state index in [9.17, 15) is 30.0 Å². The molecule has 0 saturated carbocycles. The summed E-state index contributed by atoms with van der Waals surface area (Å²) in [7, 11) is 6.28. The number of halogens is 4. The Bertz CT molecular complexity index is 2990. The fraction of sp³-hybridized carbons (Fsp3) is 0.218. The lowest BCUT2D eigenvalue weighted by Gasteiger charge is -2.21. The molecule has 0 unspecified atom stereocenters. The third kappa shape index (κ3) is 12.7. The second kappa shape index (κ2) is 24.8. The van der Waals surface area contributed by atoms with Gasteiger partial charge in [-0.25, -0.2) is 9.59 Å². The van der Waals surface area contributed by atoms with E-state index < -0.39 is 23.4 Å². The van der Waals surface area contributed by atoms with Crippen molar-refractivity contribution in [2.24, 2.45) is 7.05 Å². The number of carboxylic acids is 2. The molecule has 0 radical (unpaired) electrons. The maximum atomic E-state index is 12.9. The van der Waals surface area contributed by atoms with Crippen molar-refractivity contribution in [1.29, 1.82) is 0 Å². The first-order valence-electron chi connectivity index (χ1n) is 22.0. The molecule has 360 valence electrons. The van der Waals surface area contributed by atoms with Gasteiger partial charge in [-0.2, -0.15) is 4.57 Å². The van der Waals surface area contributed by atoms with Gasteiger partial charge in [-0.1, -0.05) is 72.5 Å². The first-order valence-corrected chi connectivity index (χ1v) is 23.6. The first kappa shape index (κ1) is 53.7. The van der Waals surface area contributed by atoms with Crippen molar-refractivity contribution in [1.82, 2.24) is 9.47 Å². The molecular weight excluding hydrogens is 954 g/mol. The third-order valence-electron chi connectivity index (χ3n) is 11.9. The highest BCUT2D eigenvalue weighted by Crippen LogP contribution is 2.38. The van der Waals surface area contributed by atoms with E-state index in [-0.39, 0.29) is 41.1 Å². The number of pyridine rings is 1. The Morgan fingerprint density at radius 3 is 1.80 bits per heavy atom. The number of hydrogen-bond donors (Lipinski definition) is 3.